The van der Waals surface area contributed by atoms with Crippen LogP contribution in [-0.4, -0.2) is 0 Å². The Morgan fingerprint density at radius 2 is 1.83 bits per heavy atom. The van der Waals surface area contributed by atoms with E-state index >= 15 is 0 Å². The second kappa shape index (κ2) is 4.74. The molecule has 23 heavy (non-hydrogen) atoms. The lowest BCUT2D eigenvalue weighted by molar-refractivity contribution is -0.671. The molecule has 3 heterocycles. The van der Waals surface area contributed by atoms with Crippen LogP contribution in [0.15, 0.2) is 66.9 Å². The number of nitrogens with zero attached hydrogens (tertiary/aromatic N) is 1. The molecule has 2 aromatic heterocycles. The lowest BCUT2D eigenvalue weighted by atomic mass is 10.0. The largest absolute Gasteiger partial charge is 0.222 e. The van der Waals surface area contributed by atoms with Gasteiger partial charge in [0, 0.05) is 21.2 Å². The molecule has 0 unspecified atom stereocenters. The average Bonchev–Trinajstić information content (AvgIpc) is 3.15. The van der Waals surface area contributed by atoms with Crippen LogP contribution in [-0.2, 0) is 6.54 Å². The number of pyridine rings is 1. The summed E-state index contributed by atoms with van der Waals surface area (Å²) in [6.07, 6.45) is 2.11. The minimum absolute atomic E-state index is 0.163. The SMILES string of the molecule is Fc1ccc2c(c1)C[n+]1ccc3sc(-c4ccccc4)cc3c1-2. The average molecular weight is 318 g/mol. The van der Waals surface area contributed by atoms with Crippen LogP contribution in [0.2, 0.25) is 0 Å². The molecule has 0 aliphatic carbocycles. The van der Waals surface area contributed by atoms with E-state index in [4.69, 9.17) is 0 Å². The van der Waals surface area contributed by atoms with E-state index in [9.17, 15) is 4.39 Å². The summed E-state index contributed by atoms with van der Waals surface area (Å²) in [7, 11) is 0. The van der Waals surface area contributed by atoms with Crippen LogP contribution in [0.4, 0.5) is 4.39 Å². The molecule has 0 bridgehead atoms. The third-order valence-corrected chi connectivity index (χ3v) is 5.58. The van der Waals surface area contributed by atoms with Crippen molar-refractivity contribution in [3.63, 3.8) is 0 Å². The van der Waals surface area contributed by atoms with Crippen LogP contribution in [0.5, 0.6) is 0 Å². The highest BCUT2D eigenvalue weighted by Gasteiger charge is 2.29. The molecule has 0 saturated heterocycles. The molecule has 4 aromatic rings. The van der Waals surface area contributed by atoms with Crippen LogP contribution in [0.1, 0.15) is 5.56 Å². The Morgan fingerprint density at radius 3 is 2.70 bits per heavy atom. The maximum absolute atomic E-state index is 13.5. The third-order valence-electron chi connectivity index (χ3n) is 4.43. The summed E-state index contributed by atoms with van der Waals surface area (Å²) in [5.74, 6) is -0.163. The van der Waals surface area contributed by atoms with Crippen molar-refractivity contribution in [3.8, 4) is 21.7 Å². The number of benzene rings is 2. The zero-order chi connectivity index (χ0) is 15.4. The first-order valence-corrected chi connectivity index (χ1v) is 8.41. The normalized spacial score (nSPS) is 12.4. The number of aromatic nitrogens is 1. The van der Waals surface area contributed by atoms with Crippen molar-refractivity contribution in [1.29, 1.82) is 0 Å². The van der Waals surface area contributed by atoms with E-state index in [-0.39, 0.29) is 5.82 Å². The number of thiophene rings is 1. The predicted octanol–water partition coefficient (Wildman–Crippen LogP) is 5.02. The molecule has 0 fully saturated rings. The van der Waals surface area contributed by atoms with Gasteiger partial charge in [-0.25, -0.2) is 4.39 Å². The standard InChI is InChI=1S/C20H13FNS/c21-15-6-7-16-14(10-15)12-22-9-8-18-17(20(16)22)11-19(23-18)13-4-2-1-3-5-13/h1-11H,12H2/q+1. The van der Waals surface area contributed by atoms with Gasteiger partial charge in [-0.3, -0.25) is 0 Å². The molecule has 1 aliphatic rings. The van der Waals surface area contributed by atoms with E-state index in [1.165, 1.54) is 26.2 Å². The molecule has 1 nitrogen and oxygen atoms in total. The first-order chi connectivity index (χ1) is 11.3. The zero-order valence-electron chi connectivity index (χ0n) is 12.3. The molecule has 0 atom stereocenters. The second-order valence-electron chi connectivity index (χ2n) is 5.85. The molecular weight excluding hydrogens is 305 g/mol. The molecule has 3 heteroatoms. The molecule has 0 amide bonds. The Balaban J connectivity index is 1.77. The minimum Gasteiger partial charge on any atom is -0.207 e. The Kier molecular flexibility index (Phi) is 2.67. The summed E-state index contributed by atoms with van der Waals surface area (Å²) in [6, 6.07) is 20.0. The second-order valence-corrected chi connectivity index (χ2v) is 6.93. The van der Waals surface area contributed by atoms with Crippen molar-refractivity contribution < 1.29 is 8.96 Å². The van der Waals surface area contributed by atoms with Gasteiger partial charge in [-0.05, 0) is 29.8 Å². The highest BCUT2D eigenvalue weighted by Crippen LogP contribution is 2.39. The van der Waals surface area contributed by atoms with E-state index < -0.39 is 0 Å². The first kappa shape index (κ1) is 13.0. The van der Waals surface area contributed by atoms with E-state index in [0.717, 1.165) is 17.7 Å². The van der Waals surface area contributed by atoms with Crippen LogP contribution in [0.3, 0.4) is 0 Å². The predicted molar refractivity (Wildman–Crippen MR) is 92.0 cm³/mol. The van der Waals surface area contributed by atoms with E-state index in [1.807, 2.05) is 12.1 Å². The molecule has 0 N–H and O–H groups in total. The maximum Gasteiger partial charge on any atom is 0.222 e. The molecule has 2 aromatic carbocycles. The summed E-state index contributed by atoms with van der Waals surface area (Å²) in [4.78, 5) is 1.27. The highest BCUT2D eigenvalue weighted by atomic mass is 32.1. The van der Waals surface area contributed by atoms with Crippen molar-refractivity contribution in [3.05, 3.63) is 78.2 Å². The van der Waals surface area contributed by atoms with Crippen LogP contribution >= 0.6 is 11.3 Å². The smallest absolute Gasteiger partial charge is 0.207 e. The van der Waals surface area contributed by atoms with Crippen molar-refractivity contribution in [1.82, 2.24) is 0 Å². The number of fused-ring (bicyclic) bond motifs is 5. The van der Waals surface area contributed by atoms with Gasteiger partial charge in [0.25, 0.3) is 0 Å². The van der Waals surface area contributed by atoms with E-state index in [2.05, 4.69) is 47.2 Å². The van der Waals surface area contributed by atoms with Gasteiger partial charge >= 0.3 is 0 Å². The van der Waals surface area contributed by atoms with Crippen LogP contribution in [0, 0.1) is 5.82 Å². The minimum atomic E-state index is -0.163. The summed E-state index contributed by atoms with van der Waals surface area (Å²) < 4.78 is 17.0. The lowest BCUT2D eigenvalue weighted by Gasteiger charge is -1.96. The zero-order valence-corrected chi connectivity index (χ0v) is 13.1. The highest BCUT2D eigenvalue weighted by molar-refractivity contribution is 7.22. The summed E-state index contributed by atoms with van der Waals surface area (Å²) in [6.45, 7) is 0.745. The molecule has 0 radical (unpaired) electrons. The molecule has 0 spiro atoms. The quantitative estimate of drug-likeness (QED) is 0.382. The third kappa shape index (κ3) is 1.93. The van der Waals surface area contributed by atoms with Crippen molar-refractivity contribution in [2.45, 2.75) is 6.54 Å². The van der Waals surface area contributed by atoms with Gasteiger partial charge in [0.2, 0.25) is 5.69 Å². The van der Waals surface area contributed by atoms with Gasteiger partial charge in [0.05, 0.1) is 10.9 Å². The number of hydrogen-bond donors (Lipinski definition) is 0. The summed E-state index contributed by atoms with van der Waals surface area (Å²) in [5.41, 5.74) is 4.65. The van der Waals surface area contributed by atoms with Gasteiger partial charge in [-0.2, -0.15) is 4.57 Å². The summed E-state index contributed by atoms with van der Waals surface area (Å²) in [5, 5.41) is 1.25. The number of hydrogen-bond acceptors (Lipinski definition) is 1. The number of halogens is 1. The van der Waals surface area contributed by atoms with Crippen LogP contribution in [0.25, 0.3) is 31.8 Å². The van der Waals surface area contributed by atoms with E-state index in [0.29, 0.717) is 0 Å². The first-order valence-electron chi connectivity index (χ1n) is 7.60. The fraction of sp³-hybridized carbons (Fsp3) is 0.0500. The van der Waals surface area contributed by atoms with Crippen molar-refractivity contribution >= 4 is 21.4 Å². The fourth-order valence-corrected chi connectivity index (χ4v) is 4.45. The van der Waals surface area contributed by atoms with Crippen molar-refractivity contribution in [2.24, 2.45) is 0 Å². The van der Waals surface area contributed by atoms with E-state index in [1.54, 1.807) is 23.5 Å². The summed E-state index contributed by atoms with van der Waals surface area (Å²) >= 11 is 1.81. The fourth-order valence-electron chi connectivity index (χ4n) is 3.38. The Labute approximate surface area is 137 Å². The van der Waals surface area contributed by atoms with Gasteiger partial charge in [0.1, 0.15) is 5.82 Å². The van der Waals surface area contributed by atoms with Gasteiger partial charge in [-0.15, -0.1) is 11.3 Å². The Bertz CT molecular complexity index is 1050. The van der Waals surface area contributed by atoms with Gasteiger partial charge in [0.15, 0.2) is 12.7 Å². The molecule has 110 valence electrons. The molecular formula is C20H13FNS+. The lowest BCUT2D eigenvalue weighted by Crippen LogP contribution is -2.31. The maximum atomic E-state index is 13.5. The Morgan fingerprint density at radius 1 is 0.957 bits per heavy atom. The van der Waals surface area contributed by atoms with Gasteiger partial charge < -0.3 is 0 Å². The van der Waals surface area contributed by atoms with Crippen LogP contribution < -0.4 is 4.57 Å². The Hall–Kier alpha value is -2.52. The topological polar surface area (TPSA) is 3.88 Å². The molecule has 1 aliphatic heterocycles. The van der Waals surface area contributed by atoms with Gasteiger partial charge in [-0.1, -0.05) is 30.3 Å². The molecule has 0 saturated carbocycles. The van der Waals surface area contributed by atoms with Crippen molar-refractivity contribution in [2.75, 3.05) is 0 Å². The monoisotopic (exact) mass is 318 g/mol. The number of rotatable bonds is 1. The molecule has 5 rings (SSSR count).